The third kappa shape index (κ3) is 3.41. The summed E-state index contributed by atoms with van der Waals surface area (Å²) in [4.78, 5) is 12.4. The first-order valence-corrected chi connectivity index (χ1v) is 7.52. The summed E-state index contributed by atoms with van der Waals surface area (Å²) in [5, 5.41) is 0.458. The van der Waals surface area contributed by atoms with Gasteiger partial charge < -0.3 is 4.74 Å². The predicted molar refractivity (Wildman–Crippen MR) is 84.8 cm³/mol. The fourth-order valence-corrected chi connectivity index (χ4v) is 2.49. The van der Waals surface area contributed by atoms with Crippen LogP contribution in [0.1, 0.15) is 29.3 Å². The molecular formula is C16H14BrClO2. The minimum absolute atomic E-state index is 0.0988. The van der Waals surface area contributed by atoms with E-state index in [4.69, 9.17) is 16.3 Å². The topological polar surface area (TPSA) is 26.3 Å². The molecule has 0 aliphatic rings. The van der Waals surface area contributed by atoms with Crippen LogP contribution in [0.25, 0.3) is 0 Å². The Morgan fingerprint density at radius 2 is 2.00 bits per heavy atom. The van der Waals surface area contributed by atoms with Crippen molar-refractivity contribution in [2.45, 2.75) is 13.3 Å². The van der Waals surface area contributed by atoms with Crippen LogP contribution < -0.4 is 4.74 Å². The summed E-state index contributed by atoms with van der Waals surface area (Å²) in [6, 6.07) is 12.3. The molecule has 0 saturated carbocycles. The van der Waals surface area contributed by atoms with Crippen LogP contribution in [0.2, 0.25) is 5.02 Å². The number of ketones is 1. The van der Waals surface area contributed by atoms with Gasteiger partial charge in [-0.1, -0.05) is 30.7 Å². The number of halogens is 2. The van der Waals surface area contributed by atoms with E-state index in [1.165, 1.54) is 0 Å². The van der Waals surface area contributed by atoms with E-state index in [2.05, 4.69) is 15.9 Å². The van der Waals surface area contributed by atoms with Gasteiger partial charge in [0, 0.05) is 11.1 Å². The van der Waals surface area contributed by atoms with Crippen molar-refractivity contribution in [1.82, 2.24) is 0 Å². The van der Waals surface area contributed by atoms with Gasteiger partial charge in [-0.2, -0.15) is 0 Å². The van der Waals surface area contributed by atoms with Crippen LogP contribution in [-0.2, 0) is 0 Å². The third-order valence-corrected chi connectivity index (χ3v) is 3.72. The van der Waals surface area contributed by atoms with Gasteiger partial charge in [0.15, 0.2) is 5.78 Å². The number of hydrogen-bond donors (Lipinski definition) is 0. The molecule has 4 heteroatoms. The highest BCUT2D eigenvalue weighted by Gasteiger charge is 2.14. The smallest absolute Gasteiger partial charge is 0.194 e. The summed E-state index contributed by atoms with van der Waals surface area (Å²) in [6.07, 6.45) is 0.937. The van der Waals surface area contributed by atoms with Crippen LogP contribution in [0.15, 0.2) is 46.9 Å². The Labute approximate surface area is 131 Å². The molecule has 0 atom stereocenters. The highest BCUT2D eigenvalue weighted by molar-refractivity contribution is 9.10. The summed E-state index contributed by atoms with van der Waals surface area (Å²) in [5.74, 6) is 0.640. The monoisotopic (exact) mass is 352 g/mol. The number of ether oxygens (including phenoxy) is 1. The van der Waals surface area contributed by atoms with Gasteiger partial charge in [0.25, 0.3) is 0 Å². The Balaban J connectivity index is 2.28. The van der Waals surface area contributed by atoms with Crippen molar-refractivity contribution in [3.8, 4) is 5.75 Å². The van der Waals surface area contributed by atoms with E-state index < -0.39 is 0 Å². The SMILES string of the molecule is CCCOc1ccc(C(=O)c2ccccc2Cl)cc1Br. The lowest BCUT2D eigenvalue weighted by atomic mass is 10.0. The van der Waals surface area contributed by atoms with Crippen molar-refractivity contribution in [3.63, 3.8) is 0 Å². The lowest BCUT2D eigenvalue weighted by Gasteiger charge is -2.09. The second kappa shape index (κ2) is 6.91. The molecule has 0 aromatic heterocycles. The van der Waals surface area contributed by atoms with Crippen LogP contribution >= 0.6 is 27.5 Å². The number of benzene rings is 2. The molecule has 2 nitrogen and oxygen atoms in total. The van der Waals surface area contributed by atoms with Crippen LogP contribution in [0.3, 0.4) is 0 Å². The minimum atomic E-state index is -0.0988. The summed E-state index contributed by atoms with van der Waals surface area (Å²) in [7, 11) is 0. The van der Waals surface area contributed by atoms with Gasteiger partial charge in [-0.3, -0.25) is 4.79 Å². The maximum Gasteiger partial charge on any atom is 0.194 e. The maximum absolute atomic E-state index is 12.4. The van der Waals surface area contributed by atoms with E-state index in [1.54, 1.807) is 42.5 Å². The fraction of sp³-hybridized carbons (Fsp3) is 0.188. The van der Waals surface area contributed by atoms with Gasteiger partial charge in [0.1, 0.15) is 5.75 Å². The third-order valence-electron chi connectivity index (χ3n) is 2.77. The molecule has 0 spiro atoms. The van der Waals surface area contributed by atoms with Gasteiger partial charge in [0.05, 0.1) is 16.1 Å². The molecule has 2 rings (SSSR count). The standard InChI is InChI=1S/C16H14BrClO2/c1-2-9-20-15-8-7-11(10-13(15)17)16(19)12-5-3-4-6-14(12)18/h3-8,10H,2,9H2,1H3. The largest absolute Gasteiger partial charge is 0.492 e. The molecule has 0 fully saturated rings. The van der Waals surface area contributed by atoms with E-state index in [0.717, 1.165) is 16.6 Å². The summed E-state index contributed by atoms with van der Waals surface area (Å²) in [6.45, 7) is 2.69. The molecule has 0 N–H and O–H groups in total. The Morgan fingerprint density at radius 3 is 2.65 bits per heavy atom. The van der Waals surface area contributed by atoms with Gasteiger partial charge in [-0.15, -0.1) is 0 Å². The first-order chi connectivity index (χ1) is 9.63. The van der Waals surface area contributed by atoms with Crippen LogP contribution in [-0.4, -0.2) is 12.4 Å². The molecule has 0 bridgehead atoms. The van der Waals surface area contributed by atoms with Gasteiger partial charge in [-0.25, -0.2) is 0 Å². The van der Waals surface area contributed by atoms with Crippen molar-refractivity contribution in [3.05, 3.63) is 63.1 Å². The Kier molecular flexibility index (Phi) is 5.21. The van der Waals surface area contributed by atoms with E-state index >= 15 is 0 Å². The second-order valence-electron chi connectivity index (χ2n) is 4.30. The lowest BCUT2D eigenvalue weighted by molar-refractivity contribution is 0.103. The molecule has 20 heavy (non-hydrogen) atoms. The van der Waals surface area contributed by atoms with Gasteiger partial charge in [0.2, 0.25) is 0 Å². The molecule has 0 unspecified atom stereocenters. The predicted octanol–water partition coefficient (Wildman–Crippen LogP) is 5.12. The van der Waals surface area contributed by atoms with Crippen LogP contribution in [0.5, 0.6) is 5.75 Å². The number of hydrogen-bond acceptors (Lipinski definition) is 2. The molecule has 0 aliphatic heterocycles. The van der Waals surface area contributed by atoms with Crippen molar-refractivity contribution in [1.29, 1.82) is 0 Å². The van der Waals surface area contributed by atoms with Crippen molar-refractivity contribution in [2.75, 3.05) is 6.61 Å². The quantitative estimate of drug-likeness (QED) is 0.697. The first kappa shape index (κ1) is 15.1. The van der Waals surface area contributed by atoms with E-state index in [1.807, 2.05) is 6.92 Å². The zero-order valence-corrected chi connectivity index (χ0v) is 13.4. The zero-order valence-electron chi connectivity index (χ0n) is 11.0. The summed E-state index contributed by atoms with van der Waals surface area (Å²) in [5.41, 5.74) is 1.08. The summed E-state index contributed by atoms with van der Waals surface area (Å²) < 4.78 is 6.33. The maximum atomic E-state index is 12.4. The number of carbonyl (C=O) groups is 1. The molecule has 0 aliphatic carbocycles. The molecule has 104 valence electrons. The Bertz CT molecular complexity index is 626. The first-order valence-electron chi connectivity index (χ1n) is 6.35. The minimum Gasteiger partial charge on any atom is -0.492 e. The Morgan fingerprint density at radius 1 is 1.25 bits per heavy atom. The van der Waals surface area contributed by atoms with E-state index in [9.17, 15) is 4.79 Å². The van der Waals surface area contributed by atoms with Gasteiger partial charge in [-0.05, 0) is 52.7 Å². The van der Waals surface area contributed by atoms with Crippen molar-refractivity contribution in [2.24, 2.45) is 0 Å². The zero-order chi connectivity index (χ0) is 14.5. The Hall–Kier alpha value is -1.32. The van der Waals surface area contributed by atoms with Gasteiger partial charge >= 0.3 is 0 Å². The lowest BCUT2D eigenvalue weighted by Crippen LogP contribution is -2.03. The van der Waals surface area contributed by atoms with E-state index in [-0.39, 0.29) is 5.78 Å². The van der Waals surface area contributed by atoms with Crippen molar-refractivity contribution >= 4 is 33.3 Å². The summed E-state index contributed by atoms with van der Waals surface area (Å²) >= 11 is 9.48. The molecular weight excluding hydrogens is 340 g/mol. The molecule has 0 amide bonds. The molecule has 2 aromatic rings. The van der Waals surface area contributed by atoms with Crippen LogP contribution in [0.4, 0.5) is 0 Å². The van der Waals surface area contributed by atoms with E-state index in [0.29, 0.717) is 22.8 Å². The highest BCUT2D eigenvalue weighted by atomic mass is 79.9. The molecule has 0 heterocycles. The molecule has 0 saturated heterocycles. The highest BCUT2D eigenvalue weighted by Crippen LogP contribution is 2.28. The average Bonchev–Trinajstić information content (AvgIpc) is 2.46. The normalized spacial score (nSPS) is 10.3. The fourth-order valence-electron chi connectivity index (χ4n) is 1.77. The van der Waals surface area contributed by atoms with Crippen molar-refractivity contribution < 1.29 is 9.53 Å². The number of carbonyl (C=O) groups excluding carboxylic acids is 1. The van der Waals surface area contributed by atoms with Crippen LogP contribution in [0, 0.1) is 0 Å². The average molecular weight is 354 g/mol. The molecule has 0 radical (unpaired) electrons. The molecule has 2 aromatic carbocycles. The number of rotatable bonds is 5. The second-order valence-corrected chi connectivity index (χ2v) is 5.56.